The van der Waals surface area contributed by atoms with Crippen molar-refractivity contribution in [2.45, 2.75) is 49.1 Å². The number of imidazole rings is 2. The first-order valence-electron chi connectivity index (χ1n) is 13.6. The van der Waals surface area contributed by atoms with Crippen LogP contribution in [-0.2, 0) is 40.8 Å². The number of hydrogen-bond acceptors (Lipinski definition) is 21. The molecule has 0 saturated carbocycles. The highest BCUT2D eigenvalue weighted by Crippen LogP contribution is 2.68. The monoisotopic (exact) mass is 756 g/mol. The van der Waals surface area contributed by atoms with E-state index in [2.05, 4.69) is 38.5 Å². The summed E-state index contributed by atoms with van der Waals surface area (Å²) < 4.78 is 69.2. The Morgan fingerprint density at radius 1 is 0.673 bits per heavy atom. The summed E-state index contributed by atoms with van der Waals surface area (Å²) in [5.74, 6) is 0.00945. The average molecular weight is 756 g/mol. The predicted octanol–water partition coefficient (Wildman–Crippen LogP) is -2.56. The summed E-state index contributed by atoms with van der Waals surface area (Å²) >= 11 is 0. The van der Waals surface area contributed by atoms with Gasteiger partial charge in [-0.15, -0.1) is 0 Å². The molecule has 29 heteroatoms. The van der Waals surface area contributed by atoms with Crippen molar-refractivity contribution < 1.29 is 75.9 Å². The molecular weight excluding hydrogens is 729 g/mol. The van der Waals surface area contributed by atoms with E-state index in [0.717, 1.165) is 12.7 Å². The van der Waals surface area contributed by atoms with Crippen LogP contribution in [0.15, 0.2) is 25.3 Å². The summed E-state index contributed by atoms with van der Waals surface area (Å²) in [7, 11) is -17.2. The number of phosphoric ester groups is 1. The lowest BCUT2D eigenvalue weighted by Crippen LogP contribution is -2.34. The Kier molecular flexibility index (Phi) is 9.62. The molecule has 6 rings (SSSR count). The summed E-state index contributed by atoms with van der Waals surface area (Å²) in [4.78, 5) is 51.6. The zero-order chi connectivity index (χ0) is 35.5. The van der Waals surface area contributed by atoms with Crippen LogP contribution < -0.4 is 11.5 Å². The topological polar surface area (TPSA) is 387 Å². The largest absolute Gasteiger partial charge is 0.490 e. The van der Waals surface area contributed by atoms with E-state index in [-0.39, 0.29) is 34.0 Å². The number of aliphatic hydroxyl groups is 4. The van der Waals surface area contributed by atoms with Gasteiger partial charge in [-0.3, -0.25) is 18.2 Å². The van der Waals surface area contributed by atoms with E-state index >= 15 is 0 Å². The van der Waals surface area contributed by atoms with Gasteiger partial charge in [-0.05, 0) is 0 Å². The van der Waals surface area contributed by atoms with Crippen LogP contribution in [0.3, 0.4) is 0 Å². The fourth-order valence-electron chi connectivity index (χ4n) is 5.00. The van der Waals surface area contributed by atoms with Gasteiger partial charge < -0.3 is 56.0 Å². The number of ether oxygens (including phenoxy) is 2. The van der Waals surface area contributed by atoms with Crippen LogP contribution in [0.5, 0.6) is 0 Å². The first-order valence-corrected chi connectivity index (χ1v) is 18.0. The number of phosphoric acid groups is 3. The molecule has 2 saturated heterocycles. The molecule has 2 aliphatic rings. The zero-order valence-electron chi connectivity index (χ0n) is 24.2. The fraction of sp³-hybridized carbons (Fsp3) is 0.500. The number of nitrogens with zero attached hydrogens (tertiary/aromatic N) is 8. The molecule has 4 aromatic rings. The maximum Gasteiger partial charge on any atom is 0.490 e. The maximum atomic E-state index is 13.6. The van der Waals surface area contributed by atoms with Crippen molar-refractivity contribution in [2.24, 2.45) is 0 Å². The second-order valence-electron chi connectivity index (χ2n) is 10.4. The summed E-state index contributed by atoms with van der Waals surface area (Å²) in [6.07, 6.45) is -8.25. The van der Waals surface area contributed by atoms with Crippen LogP contribution >= 0.6 is 23.5 Å². The van der Waals surface area contributed by atoms with Crippen LogP contribution in [0.4, 0.5) is 11.6 Å². The minimum absolute atomic E-state index is 0.00473. The summed E-state index contributed by atoms with van der Waals surface area (Å²) in [5.41, 5.74) is 12.1. The number of fused-ring (bicyclic) bond motifs is 2. The molecular formula is C20H27N10O16P3. The quantitative estimate of drug-likeness (QED) is 0.0671. The van der Waals surface area contributed by atoms with E-state index in [1.165, 1.54) is 21.8 Å². The predicted molar refractivity (Wildman–Crippen MR) is 155 cm³/mol. The molecule has 0 bridgehead atoms. The molecule has 11 N–H and O–H groups in total. The van der Waals surface area contributed by atoms with Crippen LogP contribution in [0.25, 0.3) is 22.3 Å². The number of nitrogen functional groups attached to an aromatic ring is 2. The van der Waals surface area contributed by atoms with Crippen LogP contribution in [0.1, 0.15) is 12.5 Å². The lowest BCUT2D eigenvalue weighted by atomic mass is 10.1. The third kappa shape index (κ3) is 7.22. The van der Waals surface area contributed by atoms with Crippen LogP contribution in [-0.4, -0.2) is 124 Å². The van der Waals surface area contributed by atoms with Gasteiger partial charge in [0, 0.05) is 0 Å². The number of aromatic nitrogens is 8. The number of hydrogen-bond donors (Lipinski definition) is 9. The molecule has 0 spiro atoms. The van der Waals surface area contributed by atoms with E-state index < -0.39 is 85.8 Å². The van der Waals surface area contributed by atoms with Gasteiger partial charge in [0.1, 0.15) is 60.3 Å². The Hall–Kier alpha value is -3.13. The fourth-order valence-corrected chi connectivity index (χ4v) is 8.58. The molecule has 4 aromatic heterocycles. The van der Waals surface area contributed by atoms with Gasteiger partial charge in [-0.2, -0.15) is 8.62 Å². The SMILES string of the molecule is Nc1ncnc2c1ncn2[C@@H]1O[C@H](COP(=O)(OC[C@@H]2O[C@H](n3cnc4c(N)ncnc43)[C@@H](O)[C@H]2O)OP(=O)(O)OP(=O)(O)O)[C@@H](O)[C@H]1O. The van der Waals surface area contributed by atoms with Crippen molar-refractivity contribution in [3.8, 4) is 0 Å². The van der Waals surface area contributed by atoms with E-state index in [0.29, 0.717) is 0 Å². The molecule has 26 nitrogen and oxygen atoms in total. The van der Waals surface area contributed by atoms with E-state index in [4.69, 9.17) is 39.8 Å². The van der Waals surface area contributed by atoms with Crippen LogP contribution in [0, 0.1) is 0 Å². The Morgan fingerprint density at radius 2 is 1.10 bits per heavy atom. The van der Waals surface area contributed by atoms with Gasteiger partial charge in [0.15, 0.2) is 35.4 Å². The van der Waals surface area contributed by atoms with Gasteiger partial charge in [0.05, 0.1) is 25.9 Å². The van der Waals surface area contributed by atoms with Crippen molar-refractivity contribution in [1.82, 2.24) is 39.0 Å². The lowest BCUT2D eigenvalue weighted by molar-refractivity contribution is -0.0607. The third-order valence-electron chi connectivity index (χ3n) is 7.20. The van der Waals surface area contributed by atoms with E-state index in [9.17, 15) is 39.0 Å². The number of rotatable bonds is 12. The minimum atomic E-state index is -5.94. The standard InChI is InChI=1S/C20H27N10O16P3/c21-15-9-17(25-3-23-15)29(5-27-9)19-13(33)11(31)7(43-19)1-41-49(40,46-48(38,39)45-47(35,36)37)42-2-8-12(32)14(34)20(44-8)30-6-28-10-16(22)24-4-26-18(10)30/h3-8,11-14,19-20,31-34H,1-2H2,(H,38,39)(H2,21,23,25)(H2,22,24,26)(H2,35,36,37)/t7-,8+,11-,12+,13-,14+,19-,20+,49?. The average Bonchev–Trinajstić information content (AvgIpc) is 3.76. The Bertz CT molecular complexity index is 1880. The summed E-state index contributed by atoms with van der Waals surface area (Å²) in [6.45, 7) is -2.04. The van der Waals surface area contributed by atoms with E-state index in [1.807, 2.05) is 0 Å². The molecule has 0 aliphatic carbocycles. The second kappa shape index (κ2) is 13.2. The lowest BCUT2D eigenvalue weighted by Gasteiger charge is -2.24. The van der Waals surface area contributed by atoms with Gasteiger partial charge in [0.25, 0.3) is 0 Å². The normalized spacial score (nSPS) is 30.2. The first-order chi connectivity index (χ1) is 23.0. The summed E-state index contributed by atoms with van der Waals surface area (Å²) in [5, 5.41) is 42.7. The highest BCUT2D eigenvalue weighted by molar-refractivity contribution is 7.66. The number of nitrogens with two attached hydrogens (primary N) is 2. The second-order valence-corrected chi connectivity index (χ2v) is 15.1. The van der Waals surface area contributed by atoms with Gasteiger partial charge >= 0.3 is 23.5 Å². The molecule has 0 aromatic carbocycles. The van der Waals surface area contributed by atoms with Crippen molar-refractivity contribution in [1.29, 1.82) is 0 Å². The number of anilines is 2. The van der Waals surface area contributed by atoms with Crippen molar-refractivity contribution in [3.05, 3.63) is 25.3 Å². The molecule has 0 amide bonds. The smallest absolute Gasteiger partial charge is 0.387 e. The molecule has 49 heavy (non-hydrogen) atoms. The Labute approximate surface area is 271 Å². The Balaban J connectivity index is 1.19. The Morgan fingerprint density at radius 3 is 1.51 bits per heavy atom. The summed E-state index contributed by atoms with van der Waals surface area (Å²) in [6, 6.07) is 0. The van der Waals surface area contributed by atoms with Gasteiger partial charge in [0.2, 0.25) is 0 Å². The molecule has 2 unspecified atom stereocenters. The maximum absolute atomic E-state index is 13.6. The number of aliphatic hydroxyl groups excluding tert-OH is 4. The van der Waals surface area contributed by atoms with Gasteiger partial charge in [-0.25, -0.2) is 43.6 Å². The molecule has 6 heterocycles. The zero-order valence-corrected chi connectivity index (χ0v) is 26.9. The highest BCUT2D eigenvalue weighted by atomic mass is 31.3. The van der Waals surface area contributed by atoms with Crippen molar-refractivity contribution in [2.75, 3.05) is 24.7 Å². The van der Waals surface area contributed by atoms with Gasteiger partial charge in [-0.1, -0.05) is 0 Å². The molecule has 2 fully saturated rings. The van der Waals surface area contributed by atoms with E-state index in [1.54, 1.807) is 0 Å². The third-order valence-corrected chi connectivity index (χ3v) is 11.4. The van der Waals surface area contributed by atoms with Crippen molar-refractivity contribution >= 4 is 57.4 Å². The van der Waals surface area contributed by atoms with Crippen LogP contribution in [0.2, 0.25) is 0 Å². The molecule has 0 radical (unpaired) electrons. The minimum Gasteiger partial charge on any atom is -0.387 e. The van der Waals surface area contributed by atoms with Crippen molar-refractivity contribution in [3.63, 3.8) is 0 Å². The first kappa shape index (κ1) is 35.7. The highest BCUT2D eigenvalue weighted by Gasteiger charge is 2.50. The molecule has 10 atom stereocenters. The molecule has 2 aliphatic heterocycles. The molecule has 268 valence electrons.